The average Bonchev–Trinajstić information content (AvgIpc) is 2.46. The summed E-state index contributed by atoms with van der Waals surface area (Å²) in [6, 6.07) is 0. The second kappa shape index (κ2) is 6.41. The molecule has 0 radical (unpaired) electrons. The average molecular weight is 265 g/mol. The van der Waals surface area contributed by atoms with Gasteiger partial charge in [0.2, 0.25) is 0 Å². The van der Waals surface area contributed by atoms with Gasteiger partial charge >= 0.3 is 12.1 Å². The molecule has 1 N–H and O–H groups in total. The summed E-state index contributed by atoms with van der Waals surface area (Å²) in [4.78, 5) is 24.2. The van der Waals surface area contributed by atoms with Crippen molar-refractivity contribution < 1.29 is 19.4 Å². The summed E-state index contributed by atoms with van der Waals surface area (Å²) in [6.07, 6.45) is 8.66. The lowest BCUT2D eigenvalue weighted by atomic mass is 9.97. The lowest BCUT2D eigenvalue weighted by Crippen LogP contribution is -2.40. The number of allylic oxidation sites excluding steroid dienone is 3. The van der Waals surface area contributed by atoms with Crippen LogP contribution in [-0.4, -0.2) is 41.8 Å². The number of ether oxygens (including phenoxy) is 1. The highest BCUT2D eigenvalue weighted by Crippen LogP contribution is 2.18. The van der Waals surface area contributed by atoms with Crippen LogP contribution >= 0.6 is 0 Å². The minimum atomic E-state index is -0.771. The zero-order chi connectivity index (χ0) is 13.7. The molecule has 1 aliphatic heterocycles. The first-order chi connectivity index (χ1) is 9.16. The van der Waals surface area contributed by atoms with E-state index in [2.05, 4.69) is 6.08 Å². The molecule has 1 fully saturated rings. The third-order valence-electron chi connectivity index (χ3n) is 3.58. The Hall–Kier alpha value is -1.78. The molecule has 19 heavy (non-hydrogen) atoms. The summed E-state index contributed by atoms with van der Waals surface area (Å²) in [7, 11) is 0. The molecule has 0 aromatic rings. The maximum absolute atomic E-state index is 11.8. The van der Waals surface area contributed by atoms with E-state index in [0.29, 0.717) is 32.5 Å². The van der Waals surface area contributed by atoms with Crippen LogP contribution in [0.25, 0.3) is 0 Å². The number of hydrogen-bond acceptors (Lipinski definition) is 3. The van der Waals surface area contributed by atoms with Crippen molar-refractivity contribution in [1.29, 1.82) is 0 Å². The predicted molar refractivity (Wildman–Crippen MR) is 69.7 cm³/mol. The summed E-state index contributed by atoms with van der Waals surface area (Å²) >= 11 is 0. The quantitative estimate of drug-likeness (QED) is 0.849. The Morgan fingerprint density at radius 2 is 2.11 bits per heavy atom. The third-order valence-corrected chi connectivity index (χ3v) is 3.58. The van der Waals surface area contributed by atoms with Gasteiger partial charge in [-0.3, -0.25) is 4.79 Å². The van der Waals surface area contributed by atoms with Crippen molar-refractivity contribution in [3.8, 4) is 0 Å². The lowest BCUT2D eigenvalue weighted by Gasteiger charge is -2.29. The molecular formula is C14H19NO4. The van der Waals surface area contributed by atoms with Crippen molar-refractivity contribution in [2.45, 2.75) is 25.7 Å². The van der Waals surface area contributed by atoms with E-state index in [-0.39, 0.29) is 12.0 Å². The van der Waals surface area contributed by atoms with Crippen LogP contribution in [0.2, 0.25) is 0 Å². The van der Waals surface area contributed by atoms with E-state index in [1.165, 1.54) is 0 Å². The van der Waals surface area contributed by atoms with Gasteiger partial charge in [0.25, 0.3) is 0 Å². The minimum Gasteiger partial charge on any atom is -0.481 e. The molecule has 2 aliphatic rings. The van der Waals surface area contributed by atoms with Crippen molar-refractivity contribution in [2.24, 2.45) is 5.92 Å². The zero-order valence-electron chi connectivity index (χ0n) is 10.9. The van der Waals surface area contributed by atoms with Crippen molar-refractivity contribution in [1.82, 2.24) is 4.90 Å². The number of nitrogens with zero attached hydrogens (tertiary/aromatic N) is 1. The number of carbonyl (C=O) groups excluding carboxylic acids is 1. The van der Waals surface area contributed by atoms with Crippen LogP contribution in [0, 0.1) is 5.92 Å². The molecule has 1 aliphatic carbocycles. The number of hydrogen-bond donors (Lipinski definition) is 1. The van der Waals surface area contributed by atoms with Crippen molar-refractivity contribution in [3.63, 3.8) is 0 Å². The largest absolute Gasteiger partial charge is 0.481 e. The fourth-order valence-corrected chi connectivity index (χ4v) is 2.33. The van der Waals surface area contributed by atoms with Crippen LogP contribution in [0.3, 0.4) is 0 Å². The van der Waals surface area contributed by atoms with Gasteiger partial charge in [0.15, 0.2) is 0 Å². The van der Waals surface area contributed by atoms with Crippen LogP contribution in [-0.2, 0) is 9.53 Å². The van der Waals surface area contributed by atoms with Crippen molar-refractivity contribution in [2.75, 3.05) is 19.7 Å². The number of piperidine rings is 1. The number of carbonyl (C=O) groups is 2. The third kappa shape index (κ3) is 3.84. The Labute approximate surface area is 112 Å². The first kappa shape index (κ1) is 13.6. The first-order valence-electron chi connectivity index (χ1n) is 6.66. The second-order valence-corrected chi connectivity index (χ2v) is 4.95. The summed E-state index contributed by atoms with van der Waals surface area (Å²) < 4.78 is 5.25. The first-order valence-corrected chi connectivity index (χ1v) is 6.66. The number of amides is 1. The maximum Gasteiger partial charge on any atom is 0.410 e. The highest BCUT2D eigenvalue weighted by molar-refractivity contribution is 5.71. The molecule has 1 saturated heterocycles. The number of aliphatic carboxylic acids is 1. The van der Waals surface area contributed by atoms with Gasteiger partial charge in [0.05, 0.1) is 5.92 Å². The van der Waals surface area contributed by atoms with E-state index in [0.717, 1.165) is 18.4 Å². The molecule has 0 aromatic heterocycles. The smallest absolute Gasteiger partial charge is 0.410 e. The molecule has 0 spiro atoms. The Balaban J connectivity index is 1.74. The van der Waals surface area contributed by atoms with Crippen molar-refractivity contribution in [3.05, 3.63) is 23.8 Å². The van der Waals surface area contributed by atoms with Gasteiger partial charge in [0.1, 0.15) is 6.61 Å². The highest BCUT2D eigenvalue weighted by atomic mass is 16.6. The molecule has 5 heteroatoms. The Kier molecular flexibility index (Phi) is 4.60. The number of carboxylic acid groups (broad SMARTS) is 1. The van der Waals surface area contributed by atoms with E-state index in [1.54, 1.807) is 4.90 Å². The molecule has 2 rings (SSSR count). The number of carboxylic acids is 1. The lowest BCUT2D eigenvalue weighted by molar-refractivity contribution is -0.143. The van der Waals surface area contributed by atoms with Crippen LogP contribution in [0.5, 0.6) is 0 Å². The van der Waals surface area contributed by atoms with Crippen LogP contribution in [0.15, 0.2) is 23.8 Å². The summed E-state index contributed by atoms with van der Waals surface area (Å²) in [6.45, 7) is 1.27. The molecule has 1 heterocycles. The minimum absolute atomic E-state index is 0.324. The van der Waals surface area contributed by atoms with E-state index in [1.807, 2.05) is 12.2 Å². The maximum atomic E-state index is 11.8. The fourth-order valence-electron chi connectivity index (χ4n) is 2.33. The van der Waals surface area contributed by atoms with Gasteiger partial charge in [-0.1, -0.05) is 18.2 Å². The Bertz CT molecular complexity index is 406. The summed E-state index contributed by atoms with van der Waals surface area (Å²) in [5.74, 6) is -1.09. The van der Waals surface area contributed by atoms with Crippen LogP contribution in [0.1, 0.15) is 25.7 Å². The van der Waals surface area contributed by atoms with Crippen molar-refractivity contribution >= 4 is 12.1 Å². The van der Waals surface area contributed by atoms with Gasteiger partial charge in [-0.2, -0.15) is 0 Å². The Morgan fingerprint density at radius 3 is 2.68 bits per heavy atom. The van der Waals surface area contributed by atoms with Crippen LogP contribution < -0.4 is 0 Å². The molecular weight excluding hydrogens is 246 g/mol. The van der Waals surface area contributed by atoms with Gasteiger partial charge < -0.3 is 14.7 Å². The molecule has 5 nitrogen and oxygen atoms in total. The summed E-state index contributed by atoms with van der Waals surface area (Å²) in [5.41, 5.74) is 1.12. The molecule has 0 atom stereocenters. The van der Waals surface area contributed by atoms with Crippen LogP contribution in [0.4, 0.5) is 4.79 Å². The second-order valence-electron chi connectivity index (χ2n) is 4.95. The SMILES string of the molecule is O=C(O)C1CCN(C(=O)OCC2=CC=CCC2)CC1. The number of likely N-dealkylation sites (tertiary alicyclic amines) is 1. The molecule has 0 aromatic carbocycles. The zero-order valence-corrected chi connectivity index (χ0v) is 10.9. The van der Waals surface area contributed by atoms with E-state index < -0.39 is 5.97 Å². The predicted octanol–water partition coefficient (Wildman–Crippen LogP) is 2.20. The fraction of sp³-hybridized carbons (Fsp3) is 0.571. The van der Waals surface area contributed by atoms with Gasteiger partial charge in [-0.15, -0.1) is 0 Å². The monoisotopic (exact) mass is 265 g/mol. The molecule has 1 amide bonds. The van der Waals surface area contributed by atoms with E-state index in [9.17, 15) is 9.59 Å². The van der Waals surface area contributed by atoms with E-state index in [4.69, 9.17) is 9.84 Å². The normalized spacial score (nSPS) is 20.0. The van der Waals surface area contributed by atoms with Gasteiger partial charge in [-0.25, -0.2) is 4.79 Å². The van der Waals surface area contributed by atoms with Gasteiger partial charge in [0, 0.05) is 13.1 Å². The summed E-state index contributed by atoms with van der Waals surface area (Å²) in [5, 5.41) is 8.89. The highest BCUT2D eigenvalue weighted by Gasteiger charge is 2.27. The molecule has 104 valence electrons. The Morgan fingerprint density at radius 1 is 1.37 bits per heavy atom. The standard InChI is InChI=1S/C14H19NO4/c16-13(17)12-6-8-15(9-7-12)14(18)19-10-11-4-2-1-3-5-11/h1-2,4,12H,3,5-10H2,(H,16,17). The van der Waals surface area contributed by atoms with Gasteiger partial charge in [-0.05, 0) is 31.3 Å². The van der Waals surface area contributed by atoms with E-state index >= 15 is 0 Å². The number of rotatable bonds is 3. The molecule has 0 bridgehead atoms. The molecule has 0 unspecified atom stereocenters. The molecule has 0 saturated carbocycles. The topological polar surface area (TPSA) is 66.8 Å².